The van der Waals surface area contributed by atoms with Crippen molar-refractivity contribution in [3.8, 4) is 0 Å². The highest BCUT2D eigenvalue weighted by atomic mass is 16.1. The monoisotopic (exact) mass is 186 g/mol. The Hall–Kier alpha value is -0.570. The fourth-order valence-electron chi connectivity index (χ4n) is 0.952. The number of carbonyl (C=O) groups is 1. The third kappa shape index (κ3) is 6.58. The Kier molecular flexibility index (Phi) is 5.71. The van der Waals surface area contributed by atoms with Gasteiger partial charge in [0.1, 0.15) is 0 Å². The zero-order valence-corrected chi connectivity index (χ0v) is 9.02. The van der Waals surface area contributed by atoms with Gasteiger partial charge in [-0.25, -0.2) is 0 Å². The molecule has 0 aromatic rings. The first kappa shape index (κ1) is 12.4. The molecule has 0 aliphatic carbocycles. The summed E-state index contributed by atoms with van der Waals surface area (Å²) in [5.74, 6) is 0.139. The lowest BCUT2D eigenvalue weighted by Crippen LogP contribution is -2.30. The minimum absolute atomic E-state index is 0.118. The van der Waals surface area contributed by atoms with Crippen LogP contribution >= 0.6 is 0 Å². The molecule has 3 nitrogen and oxygen atoms in total. The summed E-state index contributed by atoms with van der Waals surface area (Å²) in [6.07, 6.45) is 2.49. The average molecular weight is 186 g/mol. The molecule has 0 aromatic carbocycles. The van der Waals surface area contributed by atoms with Gasteiger partial charge in [0.2, 0.25) is 5.91 Å². The van der Waals surface area contributed by atoms with Gasteiger partial charge in [-0.05, 0) is 18.4 Å². The van der Waals surface area contributed by atoms with Gasteiger partial charge in [-0.3, -0.25) is 4.79 Å². The van der Waals surface area contributed by atoms with Crippen molar-refractivity contribution in [1.29, 1.82) is 0 Å². The molecule has 0 aromatic heterocycles. The molecule has 0 unspecified atom stereocenters. The molecule has 3 heteroatoms. The van der Waals surface area contributed by atoms with E-state index in [1.54, 1.807) is 0 Å². The summed E-state index contributed by atoms with van der Waals surface area (Å²) in [5, 5.41) is 2.86. The first-order chi connectivity index (χ1) is 6.02. The van der Waals surface area contributed by atoms with Crippen molar-refractivity contribution in [2.24, 2.45) is 11.1 Å². The molecule has 3 N–H and O–H groups in total. The third-order valence-corrected chi connectivity index (χ3v) is 2.30. The van der Waals surface area contributed by atoms with E-state index in [0.717, 1.165) is 12.8 Å². The second-order valence-corrected chi connectivity index (χ2v) is 4.19. The number of carbonyl (C=O) groups excluding carboxylic acids is 1. The van der Waals surface area contributed by atoms with Crippen molar-refractivity contribution < 1.29 is 4.79 Å². The molecule has 0 rings (SSSR count). The quantitative estimate of drug-likeness (QED) is 0.614. The number of amides is 1. The van der Waals surface area contributed by atoms with E-state index >= 15 is 0 Å². The van der Waals surface area contributed by atoms with Gasteiger partial charge in [0, 0.05) is 13.0 Å². The first-order valence-corrected chi connectivity index (χ1v) is 4.98. The van der Waals surface area contributed by atoms with Gasteiger partial charge in [-0.2, -0.15) is 0 Å². The van der Waals surface area contributed by atoms with Crippen molar-refractivity contribution in [2.45, 2.75) is 40.0 Å². The molecule has 0 atom stereocenters. The summed E-state index contributed by atoms with van der Waals surface area (Å²) >= 11 is 0. The van der Waals surface area contributed by atoms with E-state index in [1.807, 2.05) is 0 Å². The molecule has 78 valence electrons. The molecule has 0 fully saturated rings. The van der Waals surface area contributed by atoms with Gasteiger partial charge < -0.3 is 11.1 Å². The van der Waals surface area contributed by atoms with Gasteiger partial charge in [0.25, 0.3) is 0 Å². The number of nitrogens with one attached hydrogen (secondary N) is 1. The van der Waals surface area contributed by atoms with Crippen molar-refractivity contribution in [3.05, 3.63) is 0 Å². The van der Waals surface area contributed by atoms with Crippen LogP contribution in [0, 0.1) is 5.41 Å². The Balaban J connectivity index is 3.62. The highest BCUT2D eigenvalue weighted by Crippen LogP contribution is 2.23. The normalized spacial score (nSPS) is 11.4. The maximum Gasteiger partial charge on any atom is 0.220 e. The van der Waals surface area contributed by atoms with Crippen LogP contribution in [0.15, 0.2) is 0 Å². The van der Waals surface area contributed by atoms with Crippen LogP contribution in [0.2, 0.25) is 0 Å². The predicted molar refractivity (Wildman–Crippen MR) is 55.4 cm³/mol. The maximum absolute atomic E-state index is 11.3. The molecule has 0 bridgehead atoms. The lowest BCUT2D eigenvalue weighted by Gasteiger charge is -2.21. The van der Waals surface area contributed by atoms with Gasteiger partial charge in [-0.1, -0.05) is 27.2 Å². The smallest absolute Gasteiger partial charge is 0.220 e. The molecule has 0 heterocycles. The minimum atomic E-state index is 0.118. The van der Waals surface area contributed by atoms with Crippen molar-refractivity contribution in [3.63, 3.8) is 0 Å². The van der Waals surface area contributed by atoms with E-state index in [4.69, 9.17) is 5.73 Å². The predicted octanol–water partition coefficient (Wildman–Crippen LogP) is 1.28. The van der Waals surface area contributed by atoms with Crippen LogP contribution in [-0.4, -0.2) is 19.0 Å². The maximum atomic E-state index is 11.3. The van der Waals surface area contributed by atoms with E-state index < -0.39 is 0 Å². The number of nitrogens with two attached hydrogens (primary N) is 1. The molecule has 13 heavy (non-hydrogen) atoms. The molecule has 1 amide bonds. The second-order valence-electron chi connectivity index (χ2n) is 4.19. The standard InChI is InChI=1S/C10H22N2O/c1-4-10(2,3)8-9(13)12-7-5-6-11/h4-8,11H2,1-3H3,(H,12,13). The molecular formula is C10H22N2O. The first-order valence-electron chi connectivity index (χ1n) is 4.98. The van der Waals surface area contributed by atoms with Crippen molar-refractivity contribution in [2.75, 3.05) is 13.1 Å². The molecule has 0 aliphatic rings. The summed E-state index contributed by atoms with van der Waals surface area (Å²) in [6, 6.07) is 0. The SMILES string of the molecule is CCC(C)(C)CC(=O)NCCCN. The Morgan fingerprint density at radius 3 is 2.54 bits per heavy atom. The number of rotatable bonds is 6. The van der Waals surface area contributed by atoms with E-state index in [2.05, 4.69) is 26.1 Å². The van der Waals surface area contributed by atoms with Crippen LogP contribution in [0.5, 0.6) is 0 Å². The van der Waals surface area contributed by atoms with E-state index in [9.17, 15) is 4.79 Å². The van der Waals surface area contributed by atoms with Gasteiger partial charge >= 0.3 is 0 Å². The van der Waals surface area contributed by atoms with Crippen LogP contribution in [0.4, 0.5) is 0 Å². The lowest BCUT2D eigenvalue weighted by atomic mass is 9.86. The van der Waals surface area contributed by atoms with Crippen molar-refractivity contribution >= 4 is 5.91 Å². The highest BCUT2D eigenvalue weighted by molar-refractivity contribution is 5.76. The van der Waals surface area contributed by atoms with E-state index in [0.29, 0.717) is 19.5 Å². The van der Waals surface area contributed by atoms with Crippen LogP contribution in [0.3, 0.4) is 0 Å². The second kappa shape index (κ2) is 5.97. The highest BCUT2D eigenvalue weighted by Gasteiger charge is 2.18. The number of hydrogen-bond donors (Lipinski definition) is 2. The van der Waals surface area contributed by atoms with Gasteiger partial charge in [0.15, 0.2) is 0 Å². The van der Waals surface area contributed by atoms with Gasteiger partial charge in [0.05, 0.1) is 0 Å². The van der Waals surface area contributed by atoms with Crippen LogP contribution in [-0.2, 0) is 4.79 Å². The Morgan fingerprint density at radius 1 is 1.46 bits per heavy atom. The molecule has 0 spiro atoms. The minimum Gasteiger partial charge on any atom is -0.356 e. The topological polar surface area (TPSA) is 55.1 Å². The summed E-state index contributed by atoms with van der Waals surface area (Å²) in [5.41, 5.74) is 5.43. The summed E-state index contributed by atoms with van der Waals surface area (Å²) in [7, 11) is 0. The summed E-state index contributed by atoms with van der Waals surface area (Å²) in [4.78, 5) is 11.3. The van der Waals surface area contributed by atoms with Crippen LogP contribution in [0.1, 0.15) is 40.0 Å². The van der Waals surface area contributed by atoms with Crippen molar-refractivity contribution in [1.82, 2.24) is 5.32 Å². The van der Waals surface area contributed by atoms with Crippen LogP contribution < -0.4 is 11.1 Å². The Bertz CT molecular complexity index is 155. The lowest BCUT2D eigenvalue weighted by molar-refractivity contribution is -0.123. The van der Waals surface area contributed by atoms with Gasteiger partial charge in [-0.15, -0.1) is 0 Å². The Morgan fingerprint density at radius 2 is 2.08 bits per heavy atom. The zero-order chi connectivity index (χ0) is 10.3. The average Bonchev–Trinajstić information content (AvgIpc) is 2.04. The largest absolute Gasteiger partial charge is 0.356 e. The summed E-state index contributed by atoms with van der Waals surface area (Å²) < 4.78 is 0. The zero-order valence-electron chi connectivity index (χ0n) is 9.02. The van der Waals surface area contributed by atoms with Crippen LogP contribution in [0.25, 0.3) is 0 Å². The third-order valence-electron chi connectivity index (χ3n) is 2.30. The molecule has 0 saturated carbocycles. The van der Waals surface area contributed by atoms with E-state index in [-0.39, 0.29) is 11.3 Å². The number of hydrogen-bond acceptors (Lipinski definition) is 2. The molecule has 0 saturated heterocycles. The fraction of sp³-hybridized carbons (Fsp3) is 0.900. The summed E-state index contributed by atoms with van der Waals surface area (Å²) in [6.45, 7) is 7.66. The fourth-order valence-corrected chi connectivity index (χ4v) is 0.952. The Labute approximate surface area is 81.1 Å². The molecule has 0 radical (unpaired) electrons. The molecular weight excluding hydrogens is 164 g/mol. The van der Waals surface area contributed by atoms with E-state index in [1.165, 1.54) is 0 Å². The molecule has 0 aliphatic heterocycles.